The Labute approximate surface area is 201 Å². The molecular weight excluding hydrogens is 444 g/mol. The highest BCUT2D eigenvalue weighted by atomic mass is 32.1. The molecule has 170 valence electrons. The number of rotatable bonds is 4. The van der Waals surface area contributed by atoms with Gasteiger partial charge in [-0.25, -0.2) is 9.78 Å². The van der Waals surface area contributed by atoms with E-state index in [0.717, 1.165) is 34.3 Å². The number of anilines is 2. The van der Waals surface area contributed by atoms with Crippen molar-refractivity contribution < 1.29 is 9.59 Å². The summed E-state index contributed by atoms with van der Waals surface area (Å²) in [6.45, 7) is 1.38. The van der Waals surface area contributed by atoms with Crippen LogP contribution in [0.1, 0.15) is 28.8 Å². The first-order chi connectivity index (χ1) is 16.6. The van der Waals surface area contributed by atoms with E-state index >= 15 is 0 Å². The maximum Gasteiger partial charge on any atom is 0.321 e. The Morgan fingerprint density at radius 2 is 1.56 bits per heavy atom. The number of nitrogens with one attached hydrogen (secondary N) is 2. The SMILES string of the molecule is O=C(Nc1nc2ccccc2s1)c1ccc(C=C2CCN(C(=O)Nc3ccccc3)CC2)cc1. The van der Waals surface area contributed by atoms with Crippen molar-refractivity contribution in [1.82, 2.24) is 9.88 Å². The van der Waals surface area contributed by atoms with Gasteiger partial charge in [0.2, 0.25) is 0 Å². The molecule has 7 heteroatoms. The fourth-order valence-electron chi connectivity index (χ4n) is 3.93. The van der Waals surface area contributed by atoms with Crippen LogP contribution in [0.25, 0.3) is 16.3 Å². The van der Waals surface area contributed by atoms with E-state index in [-0.39, 0.29) is 11.9 Å². The first-order valence-corrected chi connectivity index (χ1v) is 12.0. The molecule has 3 aromatic carbocycles. The molecule has 0 saturated carbocycles. The molecule has 0 aliphatic carbocycles. The normalized spacial score (nSPS) is 13.5. The zero-order chi connectivity index (χ0) is 23.3. The lowest BCUT2D eigenvalue weighted by Gasteiger charge is -2.28. The van der Waals surface area contributed by atoms with Crippen LogP contribution in [0.3, 0.4) is 0 Å². The molecule has 1 aliphatic heterocycles. The molecule has 2 heterocycles. The third kappa shape index (κ3) is 5.15. The minimum absolute atomic E-state index is 0.0614. The van der Waals surface area contributed by atoms with Crippen molar-refractivity contribution in [2.45, 2.75) is 12.8 Å². The Kier molecular flexibility index (Phi) is 6.35. The molecule has 3 amide bonds. The number of amides is 3. The Balaban J connectivity index is 1.16. The Morgan fingerprint density at radius 1 is 0.853 bits per heavy atom. The molecule has 4 aromatic rings. The quantitative estimate of drug-likeness (QED) is 0.371. The third-order valence-corrected chi connectivity index (χ3v) is 6.73. The van der Waals surface area contributed by atoms with E-state index in [0.29, 0.717) is 23.8 Å². The molecule has 1 aromatic heterocycles. The zero-order valence-corrected chi connectivity index (χ0v) is 19.3. The minimum Gasteiger partial charge on any atom is -0.324 e. The van der Waals surface area contributed by atoms with Gasteiger partial charge < -0.3 is 10.2 Å². The molecule has 0 spiro atoms. The number of fused-ring (bicyclic) bond motifs is 1. The average molecular weight is 469 g/mol. The van der Waals surface area contributed by atoms with Crippen molar-refractivity contribution in [1.29, 1.82) is 0 Å². The van der Waals surface area contributed by atoms with Crippen molar-refractivity contribution >= 4 is 50.4 Å². The summed E-state index contributed by atoms with van der Waals surface area (Å²) < 4.78 is 1.04. The number of hydrogen-bond donors (Lipinski definition) is 2. The van der Waals surface area contributed by atoms with E-state index in [9.17, 15) is 9.59 Å². The number of carbonyl (C=O) groups is 2. The molecule has 1 aliphatic rings. The molecule has 34 heavy (non-hydrogen) atoms. The Bertz CT molecular complexity index is 1300. The van der Waals surface area contributed by atoms with E-state index in [1.165, 1.54) is 16.9 Å². The van der Waals surface area contributed by atoms with Gasteiger partial charge in [-0.05, 0) is 54.8 Å². The van der Waals surface area contributed by atoms with Gasteiger partial charge in [-0.15, -0.1) is 0 Å². The fraction of sp³-hybridized carbons (Fsp3) is 0.148. The van der Waals surface area contributed by atoms with Crippen molar-refractivity contribution in [2.24, 2.45) is 0 Å². The van der Waals surface area contributed by atoms with Crippen LogP contribution in [-0.2, 0) is 0 Å². The predicted octanol–water partition coefficient (Wildman–Crippen LogP) is 6.26. The lowest BCUT2D eigenvalue weighted by Crippen LogP contribution is -2.39. The van der Waals surface area contributed by atoms with Crippen LogP contribution >= 0.6 is 11.3 Å². The average Bonchev–Trinajstić information content (AvgIpc) is 3.28. The second-order valence-electron chi connectivity index (χ2n) is 8.15. The summed E-state index contributed by atoms with van der Waals surface area (Å²) in [5.41, 5.74) is 4.63. The first kappa shape index (κ1) is 21.9. The highest BCUT2D eigenvalue weighted by Crippen LogP contribution is 2.26. The second-order valence-corrected chi connectivity index (χ2v) is 9.18. The van der Waals surface area contributed by atoms with E-state index in [1.54, 1.807) is 0 Å². The molecule has 0 radical (unpaired) electrons. The molecule has 1 fully saturated rings. The van der Waals surface area contributed by atoms with Crippen LogP contribution < -0.4 is 10.6 Å². The van der Waals surface area contributed by atoms with Gasteiger partial charge in [0.05, 0.1) is 10.2 Å². The lowest BCUT2D eigenvalue weighted by atomic mass is 10.0. The maximum absolute atomic E-state index is 12.6. The molecule has 6 nitrogen and oxygen atoms in total. The standard InChI is InChI=1S/C27H24N4O2S/c32-25(30-26-29-23-8-4-5-9-24(23)34-26)21-12-10-19(11-13-21)18-20-14-16-31(17-15-20)27(33)28-22-6-2-1-3-7-22/h1-13,18H,14-17H2,(H,28,33)(H,29,30,32). The molecule has 2 N–H and O–H groups in total. The number of para-hydroxylation sites is 2. The minimum atomic E-state index is -0.170. The van der Waals surface area contributed by atoms with Gasteiger partial charge in [0.25, 0.3) is 5.91 Å². The monoisotopic (exact) mass is 468 g/mol. The fourth-order valence-corrected chi connectivity index (χ4v) is 4.79. The van der Waals surface area contributed by atoms with Crippen LogP contribution in [0.15, 0.2) is 84.4 Å². The van der Waals surface area contributed by atoms with Crippen molar-refractivity contribution in [3.63, 3.8) is 0 Å². The maximum atomic E-state index is 12.6. The Hall–Kier alpha value is -3.97. The summed E-state index contributed by atoms with van der Waals surface area (Å²) in [7, 11) is 0. The van der Waals surface area contributed by atoms with Gasteiger partial charge in [0, 0.05) is 24.3 Å². The summed E-state index contributed by atoms with van der Waals surface area (Å²) in [4.78, 5) is 31.4. The number of benzene rings is 3. The molecule has 5 rings (SSSR count). The largest absolute Gasteiger partial charge is 0.324 e. The van der Waals surface area contributed by atoms with E-state index in [2.05, 4.69) is 21.7 Å². The van der Waals surface area contributed by atoms with E-state index in [4.69, 9.17) is 0 Å². The predicted molar refractivity (Wildman–Crippen MR) is 138 cm³/mol. The van der Waals surface area contributed by atoms with Crippen LogP contribution in [-0.4, -0.2) is 34.9 Å². The van der Waals surface area contributed by atoms with Crippen LogP contribution in [0.4, 0.5) is 15.6 Å². The smallest absolute Gasteiger partial charge is 0.321 e. The number of piperidine rings is 1. The summed E-state index contributed by atoms with van der Waals surface area (Å²) >= 11 is 1.46. The molecule has 0 bridgehead atoms. The highest BCUT2D eigenvalue weighted by Gasteiger charge is 2.19. The van der Waals surface area contributed by atoms with E-state index < -0.39 is 0 Å². The number of urea groups is 1. The van der Waals surface area contributed by atoms with Gasteiger partial charge in [0.1, 0.15) is 0 Å². The first-order valence-electron chi connectivity index (χ1n) is 11.2. The number of likely N-dealkylation sites (tertiary alicyclic amines) is 1. The highest BCUT2D eigenvalue weighted by molar-refractivity contribution is 7.22. The Morgan fingerprint density at radius 3 is 2.29 bits per heavy atom. The number of thiazole rings is 1. The van der Waals surface area contributed by atoms with Gasteiger partial charge in [-0.1, -0.05) is 65.5 Å². The summed E-state index contributed by atoms with van der Waals surface area (Å²) in [6.07, 6.45) is 3.83. The second kappa shape index (κ2) is 9.89. The summed E-state index contributed by atoms with van der Waals surface area (Å²) in [5, 5.41) is 6.43. The van der Waals surface area contributed by atoms with Crippen LogP contribution in [0, 0.1) is 0 Å². The molecule has 1 saturated heterocycles. The number of carbonyl (C=O) groups excluding carboxylic acids is 2. The van der Waals surface area contributed by atoms with Crippen molar-refractivity contribution in [3.8, 4) is 0 Å². The number of nitrogens with zero attached hydrogens (tertiary/aromatic N) is 2. The van der Waals surface area contributed by atoms with Gasteiger partial charge in [-0.3, -0.25) is 10.1 Å². The van der Waals surface area contributed by atoms with Crippen molar-refractivity contribution in [3.05, 3.63) is 95.6 Å². The van der Waals surface area contributed by atoms with E-state index in [1.807, 2.05) is 83.8 Å². The number of aromatic nitrogens is 1. The third-order valence-electron chi connectivity index (χ3n) is 5.78. The lowest BCUT2D eigenvalue weighted by molar-refractivity contribution is 0.102. The van der Waals surface area contributed by atoms with Crippen molar-refractivity contribution in [2.75, 3.05) is 23.7 Å². The van der Waals surface area contributed by atoms with Crippen LogP contribution in [0.2, 0.25) is 0 Å². The van der Waals surface area contributed by atoms with Gasteiger partial charge >= 0.3 is 6.03 Å². The van der Waals surface area contributed by atoms with Gasteiger partial charge in [-0.2, -0.15) is 0 Å². The zero-order valence-electron chi connectivity index (χ0n) is 18.5. The molecular formula is C27H24N4O2S. The number of hydrogen-bond acceptors (Lipinski definition) is 4. The summed E-state index contributed by atoms with van der Waals surface area (Å²) in [5.74, 6) is -0.170. The topological polar surface area (TPSA) is 74.3 Å². The molecule has 0 atom stereocenters. The molecule has 0 unspecified atom stereocenters. The van der Waals surface area contributed by atoms with Gasteiger partial charge in [0.15, 0.2) is 5.13 Å². The summed E-state index contributed by atoms with van der Waals surface area (Å²) in [6, 6.07) is 24.8. The van der Waals surface area contributed by atoms with Crippen LogP contribution in [0.5, 0.6) is 0 Å².